The zero-order valence-corrected chi connectivity index (χ0v) is 12.5. The first-order valence-corrected chi connectivity index (χ1v) is 7.47. The molecule has 1 heterocycles. The van der Waals surface area contributed by atoms with Crippen LogP contribution in [0.1, 0.15) is 26.2 Å². The van der Waals surface area contributed by atoms with Gasteiger partial charge in [0.2, 0.25) is 5.91 Å². The summed E-state index contributed by atoms with van der Waals surface area (Å²) >= 11 is 5.80. The number of hydrogen-bond acceptors (Lipinski definition) is 2. The Morgan fingerprint density at radius 2 is 2.00 bits per heavy atom. The number of amides is 1. The highest BCUT2D eigenvalue weighted by molar-refractivity contribution is 6.31. The van der Waals surface area contributed by atoms with Gasteiger partial charge in [-0.3, -0.25) is 4.79 Å². The van der Waals surface area contributed by atoms with Crippen molar-refractivity contribution >= 4 is 23.2 Å². The molecule has 1 aliphatic rings. The Labute approximate surface area is 124 Å². The number of halogens is 2. The van der Waals surface area contributed by atoms with Gasteiger partial charge in [0, 0.05) is 38.3 Å². The van der Waals surface area contributed by atoms with Crippen LogP contribution in [0.4, 0.5) is 10.1 Å². The lowest BCUT2D eigenvalue weighted by Crippen LogP contribution is -2.48. The number of anilines is 1. The minimum Gasteiger partial charge on any atom is -0.368 e. The molecule has 0 aromatic heterocycles. The fraction of sp³-hybridized carbons (Fsp3) is 0.533. The maximum Gasteiger partial charge on any atom is 0.222 e. The highest BCUT2D eigenvalue weighted by atomic mass is 35.5. The van der Waals surface area contributed by atoms with Crippen molar-refractivity contribution in [3.05, 3.63) is 29.0 Å². The van der Waals surface area contributed by atoms with Gasteiger partial charge in [0.15, 0.2) is 0 Å². The molecule has 20 heavy (non-hydrogen) atoms. The standard InChI is InChI=1S/C15H20ClFN2O/c1-2-3-4-15(20)19-9-7-18(8-10-19)12-5-6-14(17)13(16)11-12/h5-6,11H,2-4,7-10H2,1H3. The van der Waals surface area contributed by atoms with Crippen LogP contribution in [0.3, 0.4) is 0 Å². The molecule has 1 saturated heterocycles. The molecule has 0 N–H and O–H groups in total. The smallest absolute Gasteiger partial charge is 0.222 e. The Morgan fingerprint density at radius 3 is 2.60 bits per heavy atom. The Bertz CT molecular complexity index is 473. The van der Waals surface area contributed by atoms with E-state index in [-0.39, 0.29) is 10.9 Å². The fourth-order valence-electron chi connectivity index (χ4n) is 2.38. The average Bonchev–Trinajstić information content (AvgIpc) is 2.48. The molecule has 0 bridgehead atoms. The van der Waals surface area contributed by atoms with Crippen molar-refractivity contribution in [1.82, 2.24) is 4.90 Å². The van der Waals surface area contributed by atoms with E-state index in [0.29, 0.717) is 6.42 Å². The van der Waals surface area contributed by atoms with Gasteiger partial charge in [0.25, 0.3) is 0 Å². The molecule has 1 amide bonds. The third-order valence-corrected chi connectivity index (χ3v) is 3.93. The molecular formula is C15H20ClFN2O. The van der Waals surface area contributed by atoms with E-state index in [0.717, 1.165) is 44.7 Å². The van der Waals surface area contributed by atoms with E-state index in [4.69, 9.17) is 11.6 Å². The first kappa shape index (κ1) is 15.1. The van der Waals surface area contributed by atoms with Gasteiger partial charge in [-0.15, -0.1) is 0 Å². The van der Waals surface area contributed by atoms with Crippen LogP contribution < -0.4 is 4.90 Å². The zero-order valence-electron chi connectivity index (χ0n) is 11.7. The van der Waals surface area contributed by atoms with Crippen LogP contribution >= 0.6 is 11.6 Å². The Morgan fingerprint density at radius 1 is 1.30 bits per heavy atom. The van der Waals surface area contributed by atoms with Gasteiger partial charge in [-0.05, 0) is 24.6 Å². The van der Waals surface area contributed by atoms with Gasteiger partial charge >= 0.3 is 0 Å². The van der Waals surface area contributed by atoms with Crippen LogP contribution in [0.2, 0.25) is 5.02 Å². The first-order chi connectivity index (χ1) is 9.61. The molecule has 5 heteroatoms. The molecule has 0 aliphatic carbocycles. The third-order valence-electron chi connectivity index (χ3n) is 3.64. The summed E-state index contributed by atoms with van der Waals surface area (Å²) in [6, 6.07) is 4.76. The van der Waals surface area contributed by atoms with E-state index in [1.54, 1.807) is 12.1 Å². The first-order valence-electron chi connectivity index (χ1n) is 7.09. The number of rotatable bonds is 4. The topological polar surface area (TPSA) is 23.6 Å². The highest BCUT2D eigenvalue weighted by Gasteiger charge is 2.21. The van der Waals surface area contributed by atoms with Crippen molar-refractivity contribution < 1.29 is 9.18 Å². The van der Waals surface area contributed by atoms with Gasteiger partial charge in [-0.1, -0.05) is 24.9 Å². The number of carbonyl (C=O) groups excluding carboxylic acids is 1. The van der Waals surface area contributed by atoms with Crippen molar-refractivity contribution in [1.29, 1.82) is 0 Å². The summed E-state index contributed by atoms with van der Waals surface area (Å²) in [6.07, 6.45) is 2.63. The van der Waals surface area contributed by atoms with Crippen molar-refractivity contribution in [2.45, 2.75) is 26.2 Å². The van der Waals surface area contributed by atoms with Crippen molar-refractivity contribution in [2.24, 2.45) is 0 Å². The maximum atomic E-state index is 13.1. The monoisotopic (exact) mass is 298 g/mol. The largest absolute Gasteiger partial charge is 0.368 e. The number of unbranched alkanes of at least 4 members (excludes halogenated alkanes) is 1. The molecule has 0 spiro atoms. The summed E-state index contributed by atoms with van der Waals surface area (Å²) in [5.74, 6) is -0.160. The minimum absolute atomic E-state index is 0.143. The Hall–Kier alpha value is -1.29. The second-order valence-electron chi connectivity index (χ2n) is 5.07. The lowest BCUT2D eigenvalue weighted by Gasteiger charge is -2.36. The molecule has 0 saturated carbocycles. The zero-order chi connectivity index (χ0) is 14.5. The Kier molecular flexibility index (Phi) is 5.24. The summed E-state index contributed by atoms with van der Waals surface area (Å²) in [6.45, 7) is 5.05. The fourth-order valence-corrected chi connectivity index (χ4v) is 2.56. The second-order valence-corrected chi connectivity index (χ2v) is 5.48. The summed E-state index contributed by atoms with van der Waals surface area (Å²) in [7, 11) is 0. The van der Waals surface area contributed by atoms with Crippen LogP contribution in [0.5, 0.6) is 0 Å². The number of benzene rings is 1. The van der Waals surface area contributed by atoms with E-state index < -0.39 is 5.82 Å². The van der Waals surface area contributed by atoms with Gasteiger partial charge in [-0.2, -0.15) is 0 Å². The predicted molar refractivity (Wildman–Crippen MR) is 79.7 cm³/mol. The summed E-state index contributed by atoms with van der Waals surface area (Å²) in [5, 5.41) is 0.143. The molecule has 1 fully saturated rings. The third kappa shape index (κ3) is 3.63. The number of nitrogens with zero attached hydrogens (tertiary/aromatic N) is 2. The summed E-state index contributed by atoms with van der Waals surface area (Å²) in [4.78, 5) is 16.0. The van der Waals surface area contributed by atoms with E-state index in [9.17, 15) is 9.18 Å². The van der Waals surface area contributed by atoms with Crippen LogP contribution in [0.15, 0.2) is 18.2 Å². The van der Waals surface area contributed by atoms with Crippen LogP contribution in [-0.4, -0.2) is 37.0 Å². The van der Waals surface area contributed by atoms with E-state index in [1.807, 2.05) is 4.90 Å². The SMILES string of the molecule is CCCCC(=O)N1CCN(c2ccc(F)c(Cl)c2)CC1. The molecule has 0 radical (unpaired) electrons. The van der Waals surface area contributed by atoms with Crippen LogP contribution in [-0.2, 0) is 4.79 Å². The molecule has 1 aromatic carbocycles. The van der Waals surface area contributed by atoms with Crippen LogP contribution in [0.25, 0.3) is 0 Å². The highest BCUT2D eigenvalue weighted by Crippen LogP contribution is 2.23. The molecule has 2 rings (SSSR count). The number of hydrogen-bond donors (Lipinski definition) is 0. The molecular weight excluding hydrogens is 279 g/mol. The maximum absolute atomic E-state index is 13.1. The molecule has 0 unspecified atom stereocenters. The summed E-state index contributed by atoms with van der Waals surface area (Å²) in [5.41, 5.74) is 0.914. The predicted octanol–water partition coefficient (Wildman–Crippen LogP) is 3.32. The van der Waals surface area contributed by atoms with Gasteiger partial charge in [0.05, 0.1) is 5.02 Å². The lowest BCUT2D eigenvalue weighted by atomic mass is 10.2. The van der Waals surface area contributed by atoms with Crippen molar-refractivity contribution in [2.75, 3.05) is 31.1 Å². The van der Waals surface area contributed by atoms with E-state index in [2.05, 4.69) is 11.8 Å². The Balaban J connectivity index is 1.90. The number of piperazine rings is 1. The van der Waals surface area contributed by atoms with Gasteiger partial charge in [0.1, 0.15) is 5.82 Å². The average molecular weight is 299 g/mol. The molecule has 1 aliphatic heterocycles. The second kappa shape index (κ2) is 6.93. The molecule has 1 aromatic rings. The number of carbonyl (C=O) groups is 1. The van der Waals surface area contributed by atoms with E-state index in [1.165, 1.54) is 6.07 Å². The van der Waals surface area contributed by atoms with Gasteiger partial charge in [-0.25, -0.2) is 4.39 Å². The normalized spacial score (nSPS) is 15.6. The van der Waals surface area contributed by atoms with Crippen LogP contribution in [0, 0.1) is 5.82 Å². The minimum atomic E-state index is -0.399. The molecule has 0 atom stereocenters. The summed E-state index contributed by atoms with van der Waals surface area (Å²) < 4.78 is 13.1. The van der Waals surface area contributed by atoms with Gasteiger partial charge < -0.3 is 9.80 Å². The molecule has 3 nitrogen and oxygen atoms in total. The lowest BCUT2D eigenvalue weighted by molar-refractivity contribution is -0.131. The van der Waals surface area contributed by atoms with Crippen molar-refractivity contribution in [3.63, 3.8) is 0 Å². The van der Waals surface area contributed by atoms with E-state index >= 15 is 0 Å². The quantitative estimate of drug-likeness (QED) is 0.851. The molecule has 110 valence electrons. The van der Waals surface area contributed by atoms with Crippen molar-refractivity contribution in [3.8, 4) is 0 Å².